The number of nitriles is 1. The lowest BCUT2D eigenvalue weighted by atomic mass is 10.1. The van der Waals surface area contributed by atoms with Gasteiger partial charge in [-0.1, -0.05) is 12.1 Å². The molecular formula is C25H28F3N7O2. The van der Waals surface area contributed by atoms with Gasteiger partial charge in [0.15, 0.2) is 0 Å². The predicted octanol–water partition coefficient (Wildman–Crippen LogP) is 4.84. The predicted molar refractivity (Wildman–Crippen MR) is 129 cm³/mol. The van der Waals surface area contributed by atoms with Crippen LogP contribution in [0.3, 0.4) is 0 Å². The van der Waals surface area contributed by atoms with Crippen molar-refractivity contribution in [3.8, 4) is 17.3 Å². The van der Waals surface area contributed by atoms with E-state index >= 15 is 0 Å². The minimum absolute atomic E-state index is 0.111. The number of amides is 1. The van der Waals surface area contributed by atoms with E-state index in [0.717, 1.165) is 12.1 Å². The number of nitrogens with zero attached hydrogens (tertiary/aromatic N) is 6. The molecule has 1 amide bonds. The van der Waals surface area contributed by atoms with Gasteiger partial charge in [0.25, 0.3) is 0 Å². The molecule has 12 heteroatoms. The summed E-state index contributed by atoms with van der Waals surface area (Å²) in [7, 11) is 0. The fourth-order valence-electron chi connectivity index (χ4n) is 4.26. The Morgan fingerprint density at radius 2 is 1.95 bits per heavy atom. The first kappa shape index (κ1) is 26.1. The lowest BCUT2D eigenvalue weighted by molar-refractivity contribution is -0.137. The maximum absolute atomic E-state index is 13.0. The number of halogens is 3. The van der Waals surface area contributed by atoms with Gasteiger partial charge in [0.2, 0.25) is 0 Å². The highest BCUT2D eigenvalue weighted by Crippen LogP contribution is 2.33. The molecule has 2 N–H and O–H groups in total. The number of rotatable bonds is 4. The van der Waals surface area contributed by atoms with Crippen molar-refractivity contribution in [3.63, 3.8) is 0 Å². The van der Waals surface area contributed by atoms with Crippen LogP contribution < -0.4 is 5.73 Å². The summed E-state index contributed by atoms with van der Waals surface area (Å²) in [6.07, 6.45) is -0.496. The SMILES string of the molecule is CC(C)(C)OC(=O)N1CCC(n2nc(-c3cnn(Cc4cccc(C(F)(F)F)c4)c3)c(C#N)c2N)CC1. The highest BCUT2D eigenvalue weighted by molar-refractivity contribution is 5.72. The Morgan fingerprint density at radius 1 is 1.24 bits per heavy atom. The first-order valence-electron chi connectivity index (χ1n) is 11.8. The first-order valence-corrected chi connectivity index (χ1v) is 11.8. The number of carbonyl (C=O) groups is 1. The number of anilines is 1. The average Bonchev–Trinajstić information content (AvgIpc) is 3.41. The number of ether oxygens (including phenoxy) is 1. The largest absolute Gasteiger partial charge is 0.444 e. The zero-order valence-corrected chi connectivity index (χ0v) is 20.8. The molecule has 1 saturated heterocycles. The van der Waals surface area contributed by atoms with Gasteiger partial charge in [-0.15, -0.1) is 0 Å². The van der Waals surface area contributed by atoms with Crippen molar-refractivity contribution in [1.82, 2.24) is 24.5 Å². The van der Waals surface area contributed by atoms with Crippen LogP contribution in [-0.4, -0.2) is 49.2 Å². The van der Waals surface area contributed by atoms with Crippen molar-refractivity contribution >= 4 is 11.9 Å². The average molecular weight is 516 g/mol. The molecule has 0 radical (unpaired) electrons. The van der Waals surface area contributed by atoms with Gasteiger partial charge in [0.1, 0.15) is 28.7 Å². The van der Waals surface area contributed by atoms with E-state index in [1.165, 1.54) is 16.9 Å². The third-order valence-corrected chi connectivity index (χ3v) is 6.03. The highest BCUT2D eigenvalue weighted by Gasteiger charge is 2.31. The molecule has 1 aliphatic rings. The summed E-state index contributed by atoms with van der Waals surface area (Å²) in [6.45, 7) is 6.49. The molecule has 3 heterocycles. The normalized spacial score (nSPS) is 15.0. The zero-order chi connectivity index (χ0) is 27.0. The van der Waals surface area contributed by atoms with Crippen LogP contribution in [0.25, 0.3) is 11.3 Å². The fourth-order valence-corrected chi connectivity index (χ4v) is 4.26. The van der Waals surface area contributed by atoms with Gasteiger partial charge in [0, 0.05) is 24.8 Å². The highest BCUT2D eigenvalue weighted by atomic mass is 19.4. The number of likely N-dealkylation sites (tertiary alicyclic amines) is 1. The quantitative estimate of drug-likeness (QED) is 0.532. The monoisotopic (exact) mass is 515 g/mol. The number of carbonyl (C=O) groups excluding carboxylic acids is 1. The molecule has 196 valence electrons. The number of benzene rings is 1. The topological polar surface area (TPSA) is 115 Å². The molecule has 0 bridgehead atoms. The molecule has 9 nitrogen and oxygen atoms in total. The molecule has 2 aromatic heterocycles. The van der Waals surface area contributed by atoms with Gasteiger partial charge in [-0.25, -0.2) is 9.48 Å². The third kappa shape index (κ3) is 5.87. The van der Waals surface area contributed by atoms with E-state index in [9.17, 15) is 23.2 Å². The van der Waals surface area contributed by atoms with Gasteiger partial charge in [0.05, 0.1) is 24.3 Å². The Balaban J connectivity index is 1.50. The number of hydrogen-bond acceptors (Lipinski definition) is 6. The van der Waals surface area contributed by atoms with Crippen LogP contribution in [0.15, 0.2) is 36.7 Å². The minimum Gasteiger partial charge on any atom is -0.444 e. The number of nitrogens with two attached hydrogens (primary N) is 1. The van der Waals surface area contributed by atoms with Gasteiger partial charge >= 0.3 is 12.3 Å². The van der Waals surface area contributed by atoms with E-state index in [1.807, 2.05) is 20.8 Å². The van der Waals surface area contributed by atoms with Crippen molar-refractivity contribution < 1.29 is 22.7 Å². The van der Waals surface area contributed by atoms with E-state index in [2.05, 4.69) is 16.3 Å². The Kier molecular flexibility index (Phi) is 6.90. The van der Waals surface area contributed by atoms with Gasteiger partial charge < -0.3 is 15.4 Å². The first-order chi connectivity index (χ1) is 17.4. The second kappa shape index (κ2) is 9.80. The molecule has 0 atom stereocenters. The van der Waals surface area contributed by atoms with Crippen molar-refractivity contribution in [3.05, 3.63) is 53.3 Å². The van der Waals surface area contributed by atoms with Gasteiger partial charge in [-0.2, -0.15) is 28.6 Å². The van der Waals surface area contributed by atoms with Crippen LogP contribution in [-0.2, 0) is 17.5 Å². The van der Waals surface area contributed by atoms with Crippen LogP contribution in [0.4, 0.5) is 23.8 Å². The molecule has 0 aliphatic carbocycles. The van der Waals surface area contributed by atoms with Crippen LogP contribution in [0.5, 0.6) is 0 Å². The number of piperidine rings is 1. The van der Waals surface area contributed by atoms with Crippen molar-refractivity contribution in [2.45, 2.75) is 58.0 Å². The fraction of sp³-hybridized carbons (Fsp3) is 0.440. The van der Waals surface area contributed by atoms with Crippen LogP contribution in [0.1, 0.15) is 56.3 Å². The lowest BCUT2D eigenvalue weighted by Crippen LogP contribution is -2.42. The van der Waals surface area contributed by atoms with E-state index in [4.69, 9.17) is 10.5 Å². The summed E-state index contributed by atoms with van der Waals surface area (Å²) < 4.78 is 47.6. The van der Waals surface area contributed by atoms with Gasteiger partial charge in [-0.05, 0) is 51.3 Å². The second-order valence-electron chi connectivity index (χ2n) is 9.99. The summed E-state index contributed by atoms with van der Waals surface area (Å²) >= 11 is 0. The molecule has 0 saturated carbocycles. The number of nitrogen functional groups attached to an aromatic ring is 1. The maximum atomic E-state index is 13.0. The molecule has 3 aromatic rings. The molecule has 0 unspecified atom stereocenters. The molecular weight excluding hydrogens is 487 g/mol. The Bertz CT molecular complexity index is 1320. The smallest absolute Gasteiger partial charge is 0.416 e. The van der Waals surface area contributed by atoms with Crippen LogP contribution in [0.2, 0.25) is 0 Å². The lowest BCUT2D eigenvalue weighted by Gasteiger charge is -2.33. The zero-order valence-electron chi connectivity index (χ0n) is 20.8. The number of hydrogen-bond donors (Lipinski definition) is 1. The standard InChI is InChI=1S/C25H28F3N7O2/c1-24(2,3)37-23(36)33-9-7-19(8-10-33)35-22(30)20(12-29)21(32-35)17-13-31-34(15-17)14-16-5-4-6-18(11-16)25(26,27)28/h4-6,11,13,15,19H,7-10,14,30H2,1-3H3. The van der Waals surface area contributed by atoms with E-state index < -0.39 is 17.3 Å². The third-order valence-electron chi connectivity index (χ3n) is 6.03. The number of aromatic nitrogens is 4. The second-order valence-corrected chi connectivity index (χ2v) is 9.99. The maximum Gasteiger partial charge on any atom is 0.416 e. The van der Waals surface area contributed by atoms with Gasteiger partial charge in [-0.3, -0.25) is 4.68 Å². The summed E-state index contributed by atoms with van der Waals surface area (Å²) in [5.41, 5.74) is 6.50. The molecule has 37 heavy (non-hydrogen) atoms. The molecule has 0 spiro atoms. The summed E-state index contributed by atoms with van der Waals surface area (Å²) in [4.78, 5) is 14.0. The van der Waals surface area contributed by atoms with Crippen LogP contribution >= 0.6 is 0 Å². The minimum atomic E-state index is -4.43. The van der Waals surface area contributed by atoms with Crippen molar-refractivity contribution in [1.29, 1.82) is 5.26 Å². The van der Waals surface area contributed by atoms with Crippen molar-refractivity contribution in [2.75, 3.05) is 18.8 Å². The molecule has 4 rings (SSSR count). The molecule has 1 aromatic carbocycles. The Hall–Kier alpha value is -4.01. The van der Waals surface area contributed by atoms with Crippen molar-refractivity contribution in [2.24, 2.45) is 0 Å². The Labute approximate surface area is 212 Å². The summed E-state index contributed by atoms with van der Waals surface area (Å²) in [5, 5.41) is 18.6. The molecule has 1 fully saturated rings. The molecule has 1 aliphatic heterocycles. The van der Waals surface area contributed by atoms with E-state index in [0.29, 0.717) is 42.8 Å². The van der Waals surface area contributed by atoms with Crippen LogP contribution in [0, 0.1) is 11.3 Å². The number of alkyl halides is 3. The Morgan fingerprint density at radius 3 is 2.57 bits per heavy atom. The van der Waals surface area contributed by atoms with E-state index in [1.54, 1.807) is 21.8 Å². The summed E-state index contributed by atoms with van der Waals surface area (Å²) in [5.74, 6) is 0.221. The van der Waals surface area contributed by atoms with E-state index in [-0.39, 0.29) is 30.1 Å². The summed E-state index contributed by atoms with van der Waals surface area (Å²) in [6, 6.07) is 7.04.